The lowest BCUT2D eigenvalue weighted by atomic mass is 9.99. The molecule has 0 spiro atoms. The van der Waals surface area contributed by atoms with Crippen LogP contribution in [0, 0.1) is 0 Å². The Bertz CT molecular complexity index is 1370. The van der Waals surface area contributed by atoms with E-state index in [4.69, 9.17) is 39.8 Å². The van der Waals surface area contributed by atoms with E-state index in [1.54, 1.807) is 20.8 Å². The molecule has 0 aliphatic heterocycles. The second kappa shape index (κ2) is 26.3. The molecule has 0 saturated carbocycles. The van der Waals surface area contributed by atoms with Gasteiger partial charge in [0.2, 0.25) is 0 Å². The summed E-state index contributed by atoms with van der Waals surface area (Å²) in [7, 11) is -11.6. The molecule has 0 bridgehead atoms. The lowest BCUT2D eigenvalue weighted by molar-refractivity contribution is -0.176. The molecule has 360 valence electrons. The van der Waals surface area contributed by atoms with Gasteiger partial charge in [-0.3, -0.25) is 0 Å². The number of rotatable bonds is 24. The summed E-state index contributed by atoms with van der Waals surface area (Å²) < 4.78 is 54.6. The molecule has 0 aliphatic rings. The molecule has 0 N–H and O–H groups in total. The predicted molar refractivity (Wildman–Crippen MR) is 275 cm³/mol. The number of ether oxygens (including phenoxy) is 3. The number of esters is 3. The van der Waals surface area contributed by atoms with E-state index in [1.807, 2.05) is 34.6 Å². The lowest BCUT2D eigenvalue weighted by Gasteiger charge is -2.45. The van der Waals surface area contributed by atoms with Gasteiger partial charge in [-0.2, -0.15) is 0 Å². The van der Waals surface area contributed by atoms with Crippen LogP contribution in [0.2, 0.25) is 98.2 Å². The summed E-state index contributed by atoms with van der Waals surface area (Å²) in [6, 6.07) is 0. The minimum absolute atomic E-state index is 0.0850. The maximum atomic E-state index is 12.2. The third-order valence-corrected chi connectivity index (χ3v) is 24.7. The van der Waals surface area contributed by atoms with Gasteiger partial charge in [-0.05, 0) is 152 Å². The molecule has 3 unspecified atom stereocenters. The Morgan fingerprint density at radius 2 is 0.869 bits per heavy atom. The number of carbonyl (C=O) groups excluding carboxylic acids is 3. The van der Waals surface area contributed by atoms with Crippen LogP contribution >= 0.6 is 0 Å². The molecule has 0 fully saturated rings. The van der Waals surface area contributed by atoms with Crippen LogP contribution in [0.25, 0.3) is 0 Å². The SMILES string of the molecule is C=C(C)C(=O)OC(CC)C([SiH3])(O[Si](C)(C)C)O[Si](C)(C)C.C=C(C)C(=O)OC(CC)CC(C)(C)O[SiH3].C=C(C)C(=O)OC(CC)[Si](O[Si](C)(C)C)(O[Si](C)(C)C)O[Si](C)(C)C. The summed E-state index contributed by atoms with van der Waals surface area (Å²) in [5.74, 6) is -1.10. The van der Waals surface area contributed by atoms with Crippen LogP contribution in [-0.2, 0) is 54.2 Å². The van der Waals surface area contributed by atoms with Crippen molar-refractivity contribution in [1.82, 2.24) is 0 Å². The molecule has 20 heteroatoms. The van der Waals surface area contributed by atoms with Crippen LogP contribution in [-0.4, -0.2) is 118 Å². The third-order valence-electron chi connectivity index (χ3n) is 7.63. The second-order valence-corrected chi connectivity index (χ2v) is 48.9. The Morgan fingerprint density at radius 1 is 0.541 bits per heavy atom. The molecule has 0 heterocycles. The monoisotopic (exact) mass is 1000 g/mol. The lowest BCUT2D eigenvalue weighted by Crippen LogP contribution is -2.67. The predicted octanol–water partition coefficient (Wildman–Crippen LogP) is 8.87. The summed E-state index contributed by atoms with van der Waals surface area (Å²) in [5, 5.41) is 0. The van der Waals surface area contributed by atoms with E-state index >= 15 is 0 Å². The summed E-state index contributed by atoms with van der Waals surface area (Å²) in [4.78, 5) is 35.5. The second-order valence-electron chi connectivity index (χ2n) is 21.2. The van der Waals surface area contributed by atoms with Gasteiger partial charge in [0.05, 0.1) is 15.8 Å². The fourth-order valence-corrected chi connectivity index (χ4v) is 26.9. The van der Waals surface area contributed by atoms with E-state index in [9.17, 15) is 14.4 Å². The molecule has 3 atom stereocenters. The first-order valence-electron chi connectivity index (χ1n) is 21.6. The zero-order valence-corrected chi connectivity index (χ0v) is 53.6. The van der Waals surface area contributed by atoms with Gasteiger partial charge < -0.3 is 39.8 Å². The van der Waals surface area contributed by atoms with Gasteiger partial charge in [-0.1, -0.05) is 40.5 Å². The Kier molecular flexibility index (Phi) is 27.8. The van der Waals surface area contributed by atoms with Gasteiger partial charge in [0, 0.05) is 23.1 Å². The summed E-state index contributed by atoms with van der Waals surface area (Å²) in [5.41, 5.74) is -0.273. The fourth-order valence-electron chi connectivity index (χ4n) is 5.49. The fraction of sp³-hybridized carbons (Fsp3) is 0.780. The summed E-state index contributed by atoms with van der Waals surface area (Å²) >= 11 is 0. The standard InChI is InChI=1S/C16H38O5Si4.C14H32O4Si3.C11H22O3Si/c1-13-15(18-16(17)14(2)3)25(19-22(4,5)6,20-23(7,8)9)21-24(10,11)12;1-10-12(16-13(15)11(2)3)14(19,17-20(4,5)6)18-21(7,8)9;1-6-9(7-11(4,5)14-15)13-10(12)8(2)3/h15H,2,13H2,1,3-12H3;12H,2,10H2,1,3-9,19H3;9H,2,6-7H2,1,3-5,15H3. The van der Waals surface area contributed by atoms with Crippen molar-refractivity contribution in [2.24, 2.45) is 0 Å². The minimum Gasteiger partial charge on any atom is -0.459 e. The third kappa shape index (κ3) is 30.8. The van der Waals surface area contributed by atoms with Crippen molar-refractivity contribution in [3.05, 3.63) is 36.5 Å². The summed E-state index contributed by atoms with van der Waals surface area (Å²) in [6.45, 7) is 57.6. The normalized spacial score (nSPS) is 14.6. The average Bonchev–Trinajstić information content (AvgIpc) is 3.01. The largest absolute Gasteiger partial charge is 0.512 e. The van der Waals surface area contributed by atoms with Crippen LogP contribution < -0.4 is 0 Å². The molecule has 12 nitrogen and oxygen atoms in total. The highest BCUT2D eigenvalue weighted by molar-refractivity contribution is 6.90. The zero-order valence-electron chi connectivity index (χ0n) is 43.6. The first-order chi connectivity index (χ1) is 26.9. The topological polar surface area (TPSA) is 134 Å². The van der Waals surface area contributed by atoms with Gasteiger partial charge >= 0.3 is 26.7 Å². The van der Waals surface area contributed by atoms with E-state index in [0.29, 0.717) is 50.3 Å². The van der Waals surface area contributed by atoms with Crippen LogP contribution in [0.4, 0.5) is 0 Å². The molecule has 0 radical (unpaired) electrons. The van der Waals surface area contributed by atoms with Crippen molar-refractivity contribution >= 4 is 89.0 Å². The molecule has 0 saturated heterocycles. The molecule has 61 heavy (non-hydrogen) atoms. The minimum atomic E-state index is -3.24. The Hall–Kier alpha value is -0.875. The highest BCUT2D eigenvalue weighted by Crippen LogP contribution is 2.32. The molecule has 0 amide bonds. The molecule has 0 aromatic heterocycles. The smallest absolute Gasteiger partial charge is 0.459 e. The Labute approximate surface area is 386 Å². The summed E-state index contributed by atoms with van der Waals surface area (Å²) in [6.07, 6.45) is 2.31. The Balaban J connectivity index is -0.000000853. The number of carbonyl (C=O) groups is 3. The zero-order chi connectivity index (χ0) is 49.4. The van der Waals surface area contributed by atoms with Crippen molar-refractivity contribution in [3.8, 4) is 0 Å². The van der Waals surface area contributed by atoms with Crippen LogP contribution in [0.3, 0.4) is 0 Å². The van der Waals surface area contributed by atoms with Crippen LogP contribution in [0.15, 0.2) is 36.5 Å². The quantitative estimate of drug-likeness (QED) is 0.0301. The van der Waals surface area contributed by atoms with E-state index < -0.39 is 67.5 Å². The maximum Gasteiger partial charge on any atom is 0.512 e. The van der Waals surface area contributed by atoms with E-state index in [1.165, 1.54) is 0 Å². The van der Waals surface area contributed by atoms with Crippen molar-refractivity contribution < 1.29 is 54.2 Å². The molecular weight excluding hydrogens is 909 g/mol. The van der Waals surface area contributed by atoms with Gasteiger partial charge in [0.15, 0.2) is 52.7 Å². The van der Waals surface area contributed by atoms with Gasteiger partial charge in [0.1, 0.15) is 22.7 Å². The van der Waals surface area contributed by atoms with Crippen molar-refractivity contribution in [2.75, 3.05) is 0 Å². The van der Waals surface area contributed by atoms with Crippen LogP contribution in [0.1, 0.15) is 81.1 Å². The number of hydrogen-bond acceptors (Lipinski definition) is 12. The van der Waals surface area contributed by atoms with E-state index in [-0.39, 0.29) is 29.7 Å². The first-order valence-corrected chi connectivity index (χ1v) is 42.2. The van der Waals surface area contributed by atoms with E-state index in [2.05, 4.69) is 118 Å². The van der Waals surface area contributed by atoms with Crippen molar-refractivity contribution in [1.29, 1.82) is 0 Å². The van der Waals surface area contributed by atoms with Gasteiger partial charge in [-0.15, -0.1) is 0 Å². The average molecular weight is 1000 g/mol. The van der Waals surface area contributed by atoms with Crippen molar-refractivity contribution in [3.63, 3.8) is 0 Å². The molecule has 0 rings (SSSR count). The first kappa shape index (κ1) is 64.4. The van der Waals surface area contributed by atoms with Gasteiger partial charge in [0.25, 0.3) is 0 Å². The van der Waals surface area contributed by atoms with Crippen LogP contribution in [0.5, 0.6) is 0 Å². The Morgan fingerprint density at radius 3 is 1.11 bits per heavy atom. The number of hydrogen-bond donors (Lipinski definition) is 0. The maximum absolute atomic E-state index is 12.2. The molecule has 0 aromatic carbocycles. The highest BCUT2D eigenvalue weighted by atomic mass is 28.5. The molecule has 0 aliphatic carbocycles. The molecule has 0 aromatic rings. The highest BCUT2D eigenvalue weighted by Gasteiger charge is 2.57. The van der Waals surface area contributed by atoms with Gasteiger partial charge in [-0.25, -0.2) is 14.4 Å². The van der Waals surface area contributed by atoms with Crippen molar-refractivity contribution in [2.45, 2.75) is 208 Å². The van der Waals surface area contributed by atoms with E-state index in [0.717, 1.165) is 12.8 Å². The molecular formula is C41H92O12Si8.